The van der Waals surface area contributed by atoms with Crippen LogP contribution in [0.25, 0.3) is 0 Å². The lowest BCUT2D eigenvalue weighted by Gasteiger charge is -2.19. The molecule has 0 radical (unpaired) electrons. The van der Waals surface area contributed by atoms with Gasteiger partial charge in [0.25, 0.3) is 0 Å². The van der Waals surface area contributed by atoms with Crippen molar-refractivity contribution in [2.24, 2.45) is 0 Å². The number of amides is 1. The van der Waals surface area contributed by atoms with Gasteiger partial charge in [0.05, 0.1) is 0 Å². The summed E-state index contributed by atoms with van der Waals surface area (Å²) < 4.78 is 5.49. The number of nitrogens with one attached hydrogen (secondary N) is 1. The van der Waals surface area contributed by atoms with Gasteiger partial charge in [-0.15, -0.1) is 0 Å². The van der Waals surface area contributed by atoms with Crippen molar-refractivity contribution in [3.8, 4) is 0 Å². The Morgan fingerprint density at radius 1 is 1.24 bits per heavy atom. The zero-order valence-corrected chi connectivity index (χ0v) is 14.8. The Bertz CT molecular complexity index is 768. The van der Waals surface area contributed by atoms with Gasteiger partial charge in [0.2, 0.25) is 5.91 Å². The molecule has 0 bridgehead atoms. The highest BCUT2D eigenvalue weighted by molar-refractivity contribution is 5.95. The largest absolute Gasteiger partial charge is 0.361 e. The van der Waals surface area contributed by atoms with Gasteiger partial charge in [-0.2, -0.15) is 0 Å². The summed E-state index contributed by atoms with van der Waals surface area (Å²) in [7, 11) is 0. The molecule has 2 aliphatic rings. The molecular weight excluding hydrogens is 314 g/mol. The summed E-state index contributed by atoms with van der Waals surface area (Å²) in [6, 6.07) is 8.48. The van der Waals surface area contributed by atoms with Crippen LogP contribution >= 0.6 is 0 Å². The number of fused-ring (bicyclic) bond motifs is 1. The minimum Gasteiger partial charge on any atom is -0.361 e. The van der Waals surface area contributed by atoms with E-state index in [1.807, 2.05) is 17.0 Å². The first kappa shape index (κ1) is 16.3. The fourth-order valence-corrected chi connectivity index (χ4v) is 3.84. The van der Waals surface area contributed by atoms with Crippen LogP contribution in [0.2, 0.25) is 0 Å². The van der Waals surface area contributed by atoms with E-state index in [9.17, 15) is 4.79 Å². The van der Waals surface area contributed by atoms with Crippen LogP contribution in [0.1, 0.15) is 61.2 Å². The monoisotopic (exact) mass is 339 g/mol. The van der Waals surface area contributed by atoms with E-state index in [2.05, 4.69) is 29.5 Å². The molecule has 1 unspecified atom stereocenters. The fourth-order valence-electron chi connectivity index (χ4n) is 3.84. The number of rotatable bonds is 5. The van der Waals surface area contributed by atoms with Gasteiger partial charge in [-0.1, -0.05) is 17.3 Å². The second-order valence-electron chi connectivity index (χ2n) is 7.08. The van der Waals surface area contributed by atoms with Crippen molar-refractivity contribution in [1.29, 1.82) is 0 Å². The summed E-state index contributed by atoms with van der Waals surface area (Å²) in [6.07, 6.45) is 6.14. The summed E-state index contributed by atoms with van der Waals surface area (Å²) in [6.45, 7) is 3.69. The van der Waals surface area contributed by atoms with Crippen molar-refractivity contribution in [2.45, 2.75) is 58.0 Å². The molecule has 132 valence electrons. The van der Waals surface area contributed by atoms with Crippen molar-refractivity contribution < 1.29 is 9.32 Å². The van der Waals surface area contributed by atoms with E-state index in [0.717, 1.165) is 42.9 Å². The van der Waals surface area contributed by atoms with Crippen LogP contribution in [0.3, 0.4) is 0 Å². The molecule has 0 saturated carbocycles. The van der Waals surface area contributed by atoms with E-state index < -0.39 is 0 Å². The molecule has 4 rings (SSSR count). The Morgan fingerprint density at radius 2 is 2.12 bits per heavy atom. The summed E-state index contributed by atoms with van der Waals surface area (Å²) in [5.74, 6) is 1.30. The lowest BCUT2D eigenvalue weighted by atomic mass is 9.96. The van der Waals surface area contributed by atoms with Crippen molar-refractivity contribution >= 4 is 11.6 Å². The first-order valence-electron chi connectivity index (χ1n) is 9.32. The molecule has 2 heterocycles. The van der Waals surface area contributed by atoms with E-state index in [4.69, 9.17) is 4.52 Å². The lowest BCUT2D eigenvalue weighted by molar-refractivity contribution is -0.117. The summed E-state index contributed by atoms with van der Waals surface area (Å²) in [4.78, 5) is 13.9. The minimum atomic E-state index is 0.189. The first-order chi connectivity index (χ1) is 12.2. The van der Waals surface area contributed by atoms with Gasteiger partial charge in [0.1, 0.15) is 11.5 Å². The molecule has 1 aliphatic carbocycles. The second kappa shape index (κ2) is 7.00. The predicted molar refractivity (Wildman–Crippen MR) is 96.4 cm³/mol. The van der Waals surface area contributed by atoms with Gasteiger partial charge in [0, 0.05) is 43.2 Å². The van der Waals surface area contributed by atoms with E-state index in [0.29, 0.717) is 13.0 Å². The molecule has 1 aromatic heterocycles. The van der Waals surface area contributed by atoms with Crippen molar-refractivity contribution in [3.63, 3.8) is 0 Å². The Morgan fingerprint density at radius 3 is 2.96 bits per heavy atom. The van der Waals surface area contributed by atoms with E-state index >= 15 is 0 Å². The van der Waals surface area contributed by atoms with Crippen LogP contribution in [0.4, 0.5) is 5.69 Å². The number of hydrogen-bond acceptors (Lipinski definition) is 4. The zero-order chi connectivity index (χ0) is 17.2. The average Bonchev–Trinajstić information content (AvgIpc) is 3.26. The van der Waals surface area contributed by atoms with E-state index in [1.165, 1.54) is 24.0 Å². The Labute approximate surface area is 148 Å². The molecular formula is C20H25N3O2. The van der Waals surface area contributed by atoms with Gasteiger partial charge in [-0.05, 0) is 50.3 Å². The topological polar surface area (TPSA) is 58.4 Å². The third-order valence-corrected chi connectivity index (χ3v) is 5.36. The van der Waals surface area contributed by atoms with Crippen molar-refractivity contribution in [1.82, 2.24) is 10.5 Å². The zero-order valence-electron chi connectivity index (χ0n) is 14.8. The molecule has 1 amide bonds. The van der Waals surface area contributed by atoms with Gasteiger partial charge in [-0.3, -0.25) is 4.79 Å². The van der Waals surface area contributed by atoms with Crippen molar-refractivity contribution in [2.75, 3.05) is 11.4 Å². The quantitative estimate of drug-likeness (QED) is 0.905. The molecule has 1 atom stereocenters. The predicted octanol–water partition coefficient (Wildman–Crippen LogP) is 3.53. The molecule has 1 N–H and O–H groups in total. The van der Waals surface area contributed by atoms with E-state index in [-0.39, 0.29) is 11.9 Å². The molecule has 25 heavy (non-hydrogen) atoms. The van der Waals surface area contributed by atoms with Crippen LogP contribution in [0.5, 0.6) is 0 Å². The van der Waals surface area contributed by atoms with Crippen LogP contribution < -0.4 is 10.2 Å². The lowest BCUT2D eigenvalue weighted by Crippen LogP contribution is -2.24. The Balaban J connectivity index is 1.43. The third-order valence-electron chi connectivity index (χ3n) is 5.36. The van der Waals surface area contributed by atoms with E-state index in [1.54, 1.807) is 0 Å². The van der Waals surface area contributed by atoms with Gasteiger partial charge in [0.15, 0.2) is 0 Å². The molecule has 5 nitrogen and oxygen atoms in total. The number of carbonyl (C=O) groups is 1. The number of benzene rings is 1. The van der Waals surface area contributed by atoms with Crippen LogP contribution in [-0.2, 0) is 24.2 Å². The fraction of sp³-hybridized carbons (Fsp3) is 0.500. The molecule has 1 saturated heterocycles. The molecule has 5 heteroatoms. The maximum atomic E-state index is 12.0. The Hall–Kier alpha value is -2.14. The van der Waals surface area contributed by atoms with Crippen LogP contribution in [0.15, 0.2) is 28.8 Å². The maximum absolute atomic E-state index is 12.0. The van der Waals surface area contributed by atoms with Gasteiger partial charge >= 0.3 is 0 Å². The minimum absolute atomic E-state index is 0.189. The average molecular weight is 339 g/mol. The standard InChI is InChI=1S/C20H25N3O2/c1-14(21-13-18-17-8-2-3-9-19(17)25-22-18)15-6-4-7-16(12-15)23-11-5-10-20(23)24/h4,6-7,12,14,21H,2-3,5,8-11,13H2,1H3. The summed E-state index contributed by atoms with van der Waals surface area (Å²) in [5.41, 5.74) is 4.55. The normalized spacial score (nSPS) is 18.4. The molecule has 1 aromatic carbocycles. The number of anilines is 1. The number of aromatic nitrogens is 1. The smallest absolute Gasteiger partial charge is 0.227 e. The number of aryl methyl sites for hydroxylation is 1. The summed E-state index contributed by atoms with van der Waals surface area (Å²) in [5, 5.41) is 7.82. The molecule has 0 spiro atoms. The highest BCUT2D eigenvalue weighted by Gasteiger charge is 2.22. The second-order valence-corrected chi connectivity index (χ2v) is 7.08. The van der Waals surface area contributed by atoms with Gasteiger partial charge in [-0.25, -0.2) is 0 Å². The van der Waals surface area contributed by atoms with Gasteiger partial charge < -0.3 is 14.7 Å². The summed E-state index contributed by atoms with van der Waals surface area (Å²) >= 11 is 0. The molecule has 2 aromatic rings. The van der Waals surface area contributed by atoms with Crippen LogP contribution in [0, 0.1) is 0 Å². The number of carbonyl (C=O) groups excluding carboxylic acids is 1. The Kier molecular flexibility index (Phi) is 4.57. The maximum Gasteiger partial charge on any atom is 0.227 e. The number of hydrogen-bond donors (Lipinski definition) is 1. The van der Waals surface area contributed by atoms with Crippen molar-refractivity contribution in [3.05, 3.63) is 46.8 Å². The first-order valence-corrected chi connectivity index (χ1v) is 9.32. The van der Waals surface area contributed by atoms with Crippen LogP contribution in [-0.4, -0.2) is 17.6 Å². The third kappa shape index (κ3) is 3.33. The highest BCUT2D eigenvalue weighted by Crippen LogP contribution is 2.26. The highest BCUT2D eigenvalue weighted by atomic mass is 16.5. The number of nitrogens with zero attached hydrogens (tertiary/aromatic N) is 2. The molecule has 1 fully saturated rings. The SMILES string of the molecule is CC(NCc1noc2c1CCCC2)c1cccc(N2CCCC2=O)c1. The molecule has 1 aliphatic heterocycles.